The molecule has 3 rings (SSSR count). The number of sulfonamides is 1. The van der Waals surface area contributed by atoms with E-state index in [1.807, 2.05) is 24.3 Å². The lowest BCUT2D eigenvalue weighted by Crippen LogP contribution is -2.42. The van der Waals surface area contributed by atoms with Crippen molar-refractivity contribution in [2.75, 3.05) is 24.0 Å². The minimum absolute atomic E-state index is 0.103. The van der Waals surface area contributed by atoms with Crippen LogP contribution in [-0.4, -0.2) is 34.0 Å². The lowest BCUT2D eigenvalue weighted by Gasteiger charge is -2.25. The summed E-state index contributed by atoms with van der Waals surface area (Å²) in [6.45, 7) is 3.98. The van der Waals surface area contributed by atoms with Gasteiger partial charge in [0.2, 0.25) is 5.91 Å². The zero-order valence-electron chi connectivity index (χ0n) is 18.6. The molecule has 0 aliphatic carbocycles. The van der Waals surface area contributed by atoms with Gasteiger partial charge in [0.15, 0.2) is 0 Å². The van der Waals surface area contributed by atoms with Gasteiger partial charge in [0.05, 0.1) is 17.1 Å². The normalized spacial score (nSPS) is 11.1. The van der Waals surface area contributed by atoms with Gasteiger partial charge in [-0.15, -0.1) is 0 Å². The molecule has 174 valence electrons. The fourth-order valence-electron chi connectivity index (χ4n) is 3.29. The first kappa shape index (κ1) is 24.6. The number of benzene rings is 3. The summed E-state index contributed by atoms with van der Waals surface area (Å²) in [5.41, 5.74) is 2.26. The van der Waals surface area contributed by atoms with Crippen LogP contribution < -0.4 is 14.4 Å². The Kier molecular flexibility index (Phi) is 8.36. The molecular formula is C25H27ClN2O4S. The monoisotopic (exact) mass is 486 g/mol. The first-order valence-electron chi connectivity index (χ1n) is 10.6. The number of anilines is 1. The average Bonchev–Trinajstić information content (AvgIpc) is 2.81. The second kappa shape index (κ2) is 11.2. The molecule has 0 atom stereocenters. The molecule has 0 unspecified atom stereocenters. The summed E-state index contributed by atoms with van der Waals surface area (Å²) < 4.78 is 33.5. The van der Waals surface area contributed by atoms with Crippen molar-refractivity contribution in [2.45, 2.75) is 25.2 Å². The average molecular weight is 487 g/mol. The Balaban J connectivity index is 1.69. The van der Waals surface area contributed by atoms with E-state index in [4.69, 9.17) is 16.3 Å². The summed E-state index contributed by atoms with van der Waals surface area (Å²) in [4.78, 5) is 12.8. The third-order valence-electron chi connectivity index (χ3n) is 5.07. The smallest absolute Gasteiger partial charge is 0.264 e. The molecule has 0 aliphatic heterocycles. The standard InChI is InChI=1S/C25H27ClN2O4S/c1-3-20-9-12-22(13-10-20)32-16-15-27-25(29)18-28(24-14-11-21(26)17-19(24)2)33(30,31)23-7-5-4-6-8-23/h4-14,17H,3,15-16,18H2,1-2H3,(H,27,29). The van der Waals surface area contributed by atoms with Gasteiger partial charge in [0.25, 0.3) is 10.0 Å². The van der Waals surface area contributed by atoms with E-state index in [1.165, 1.54) is 17.7 Å². The highest BCUT2D eigenvalue weighted by Crippen LogP contribution is 2.28. The largest absolute Gasteiger partial charge is 0.492 e. The molecule has 8 heteroatoms. The van der Waals surface area contributed by atoms with Crippen molar-refractivity contribution in [2.24, 2.45) is 0 Å². The van der Waals surface area contributed by atoms with E-state index in [1.54, 1.807) is 43.3 Å². The summed E-state index contributed by atoms with van der Waals surface area (Å²) in [6.07, 6.45) is 0.950. The van der Waals surface area contributed by atoms with Crippen LogP contribution in [0.3, 0.4) is 0 Å². The Morgan fingerprint density at radius 2 is 1.73 bits per heavy atom. The van der Waals surface area contributed by atoms with Crippen molar-refractivity contribution < 1.29 is 17.9 Å². The van der Waals surface area contributed by atoms with E-state index in [-0.39, 0.29) is 24.6 Å². The van der Waals surface area contributed by atoms with Crippen molar-refractivity contribution in [3.05, 3.63) is 88.9 Å². The third-order valence-corrected chi connectivity index (χ3v) is 7.08. The highest BCUT2D eigenvalue weighted by atomic mass is 35.5. The van der Waals surface area contributed by atoms with Crippen LogP contribution in [0.5, 0.6) is 5.75 Å². The summed E-state index contributed by atoms with van der Waals surface area (Å²) in [5, 5.41) is 3.22. The van der Waals surface area contributed by atoms with Crippen LogP contribution in [0.1, 0.15) is 18.1 Å². The molecule has 3 aromatic carbocycles. The van der Waals surface area contributed by atoms with Crippen molar-refractivity contribution in [3.8, 4) is 5.75 Å². The molecule has 3 aromatic rings. The predicted molar refractivity (Wildman–Crippen MR) is 131 cm³/mol. The van der Waals surface area contributed by atoms with Crippen molar-refractivity contribution in [1.29, 1.82) is 0 Å². The number of ether oxygens (including phenoxy) is 1. The molecule has 1 N–H and O–H groups in total. The number of hydrogen-bond donors (Lipinski definition) is 1. The minimum Gasteiger partial charge on any atom is -0.492 e. The minimum atomic E-state index is -3.97. The second-order valence-corrected chi connectivity index (χ2v) is 9.75. The summed E-state index contributed by atoms with van der Waals surface area (Å²) in [6, 6.07) is 20.7. The molecular weight excluding hydrogens is 460 g/mol. The van der Waals surface area contributed by atoms with Crippen LogP contribution in [0.4, 0.5) is 5.69 Å². The number of rotatable bonds is 10. The summed E-state index contributed by atoms with van der Waals surface area (Å²) in [5.74, 6) is 0.278. The van der Waals surface area contributed by atoms with Crippen LogP contribution in [0.15, 0.2) is 77.7 Å². The molecule has 0 fully saturated rings. The Morgan fingerprint density at radius 1 is 1.03 bits per heavy atom. The highest BCUT2D eigenvalue weighted by Gasteiger charge is 2.28. The van der Waals surface area contributed by atoms with Gasteiger partial charge in [0, 0.05) is 5.02 Å². The van der Waals surface area contributed by atoms with Gasteiger partial charge < -0.3 is 10.1 Å². The number of halogens is 1. The molecule has 1 amide bonds. The number of nitrogens with zero attached hydrogens (tertiary/aromatic N) is 1. The van der Waals surface area contributed by atoms with Crippen LogP contribution in [0.25, 0.3) is 0 Å². The second-order valence-electron chi connectivity index (χ2n) is 7.45. The van der Waals surface area contributed by atoms with Crippen molar-refractivity contribution >= 4 is 33.2 Å². The highest BCUT2D eigenvalue weighted by molar-refractivity contribution is 7.92. The molecule has 0 saturated carbocycles. The maximum absolute atomic E-state index is 13.4. The quantitative estimate of drug-likeness (QED) is 0.425. The SMILES string of the molecule is CCc1ccc(OCCNC(=O)CN(c2ccc(Cl)cc2C)S(=O)(=O)c2ccccc2)cc1. The molecule has 0 radical (unpaired) electrons. The van der Waals surface area contributed by atoms with Gasteiger partial charge in [0.1, 0.15) is 18.9 Å². The van der Waals surface area contributed by atoms with E-state index in [0.717, 1.165) is 10.7 Å². The maximum atomic E-state index is 13.4. The molecule has 6 nitrogen and oxygen atoms in total. The Morgan fingerprint density at radius 3 is 2.36 bits per heavy atom. The Hall–Kier alpha value is -3.03. The molecule has 33 heavy (non-hydrogen) atoms. The molecule has 0 spiro atoms. The van der Waals surface area contributed by atoms with Gasteiger partial charge in [-0.05, 0) is 66.9 Å². The van der Waals surface area contributed by atoms with E-state index in [0.29, 0.717) is 22.0 Å². The summed E-state index contributed by atoms with van der Waals surface area (Å²) >= 11 is 6.05. The number of aryl methyl sites for hydroxylation is 2. The number of nitrogens with one attached hydrogen (secondary N) is 1. The third kappa shape index (κ3) is 6.49. The van der Waals surface area contributed by atoms with Crippen LogP contribution in [0, 0.1) is 6.92 Å². The van der Waals surface area contributed by atoms with Gasteiger partial charge in [-0.2, -0.15) is 0 Å². The molecule has 0 saturated heterocycles. The van der Waals surface area contributed by atoms with Crippen LogP contribution in [-0.2, 0) is 21.2 Å². The zero-order valence-corrected chi connectivity index (χ0v) is 20.2. The molecule has 0 heterocycles. The van der Waals surface area contributed by atoms with Gasteiger partial charge >= 0.3 is 0 Å². The fraction of sp³-hybridized carbons (Fsp3) is 0.240. The molecule has 0 aromatic heterocycles. The van der Waals surface area contributed by atoms with Gasteiger partial charge in [-0.1, -0.05) is 48.9 Å². The van der Waals surface area contributed by atoms with E-state index in [9.17, 15) is 13.2 Å². The number of amides is 1. The van der Waals surface area contributed by atoms with E-state index < -0.39 is 15.9 Å². The Labute approximate surface area is 200 Å². The van der Waals surface area contributed by atoms with Crippen molar-refractivity contribution in [3.63, 3.8) is 0 Å². The summed E-state index contributed by atoms with van der Waals surface area (Å²) in [7, 11) is -3.97. The van der Waals surface area contributed by atoms with E-state index in [2.05, 4.69) is 12.2 Å². The number of carbonyl (C=O) groups is 1. The maximum Gasteiger partial charge on any atom is 0.264 e. The van der Waals surface area contributed by atoms with E-state index >= 15 is 0 Å². The molecule has 0 aliphatic rings. The van der Waals surface area contributed by atoms with Gasteiger partial charge in [-0.3, -0.25) is 9.10 Å². The van der Waals surface area contributed by atoms with Crippen molar-refractivity contribution in [1.82, 2.24) is 5.32 Å². The lowest BCUT2D eigenvalue weighted by molar-refractivity contribution is -0.119. The Bertz CT molecular complexity index is 1180. The lowest BCUT2D eigenvalue weighted by atomic mass is 10.2. The number of hydrogen-bond acceptors (Lipinski definition) is 4. The first-order valence-corrected chi connectivity index (χ1v) is 12.5. The van der Waals surface area contributed by atoms with Gasteiger partial charge in [-0.25, -0.2) is 8.42 Å². The molecule has 0 bridgehead atoms. The first-order chi connectivity index (χ1) is 15.8. The topological polar surface area (TPSA) is 75.7 Å². The number of carbonyl (C=O) groups excluding carboxylic acids is 1. The fourth-order valence-corrected chi connectivity index (χ4v) is 5.02. The predicted octanol–water partition coefficient (Wildman–Crippen LogP) is 4.60. The van der Waals surface area contributed by atoms with Crippen LogP contribution >= 0.6 is 11.6 Å². The zero-order chi connectivity index (χ0) is 23.8. The van der Waals surface area contributed by atoms with Crippen LogP contribution in [0.2, 0.25) is 5.02 Å².